The number of carbonyl (C=O) groups is 2. The summed E-state index contributed by atoms with van der Waals surface area (Å²) in [6.45, 7) is 1.82. The van der Waals surface area contributed by atoms with Gasteiger partial charge < -0.3 is 20.3 Å². The summed E-state index contributed by atoms with van der Waals surface area (Å²) in [6, 6.07) is 28.8. The van der Waals surface area contributed by atoms with E-state index in [9.17, 15) is 9.59 Å². The third-order valence-electron chi connectivity index (χ3n) is 7.24. The number of hydrogen-bond donors (Lipinski definition) is 2. The van der Waals surface area contributed by atoms with Crippen LogP contribution in [0.3, 0.4) is 0 Å². The highest BCUT2D eigenvalue weighted by molar-refractivity contribution is 6.35. The van der Waals surface area contributed by atoms with Gasteiger partial charge in [0, 0.05) is 19.1 Å². The van der Waals surface area contributed by atoms with Gasteiger partial charge in [-0.05, 0) is 73.3 Å². The van der Waals surface area contributed by atoms with E-state index >= 15 is 0 Å². The Morgan fingerprint density at radius 3 is 2.00 bits per heavy atom. The second-order valence-corrected chi connectivity index (χ2v) is 10.6. The number of hydrogen-bond acceptors (Lipinski definition) is 4. The molecule has 0 bridgehead atoms. The molecule has 1 saturated carbocycles. The van der Waals surface area contributed by atoms with E-state index in [0.29, 0.717) is 19.6 Å². The van der Waals surface area contributed by atoms with Gasteiger partial charge in [-0.2, -0.15) is 0 Å². The predicted molar refractivity (Wildman–Crippen MR) is 162 cm³/mol. The number of carbonyl (C=O) groups excluding carboxylic acids is 2. The van der Waals surface area contributed by atoms with Crippen molar-refractivity contribution in [3.8, 4) is 5.75 Å². The minimum Gasteiger partial charge on any atom is -0.492 e. The van der Waals surface area contributed by atoms with Crippen molar-refractivity contribution >= 4 is 23.0 Å². The molecular formula is C34H41N3O3. The molecule has 6 nitrogen and oxygen atoms in total. The zero-order chi connectivity index (χ0) is 28.2. The number of nitrogens with zero attached hydrogens (tertiary/aromatic N) is 1. The standard InChI is InChI=1S/C34H41N3O3/c1-37(2)24-25-40-30-20-18-28(19-21-30)32(27-14-8-4-9-15-27)31(26-12-6-3-7-13-26)22-23-35-33(38)34(39)36-29-16-10-5-11-17-29/h3-4,6-9,12-15,18-21,29H,5,10-11,16-17,22-25H2,1-2H3,(H,35,38)(H,36,39)/b32-31-. The van der Waals surface area contributed by atoms with Gasteiger partial charge in [0.2, 0.25) is 0 Å². The highest BCUT2D eigenvalue weighted by Crippen LogP contribution is 2.35. The van der Waals surface area contributed by atoms with Crippen LogP contribution in [0.4, 0.5) is 0 Å². The SMILES string of the molecule is CN(C)CCOc1ccc(/C(=C(/CCNC(=O)C(=O)NC2CCCCC2)c2ccccc2)c2ccccc2)cc1. The van der Waals surface area contributed by atoms with Crippen LogP contribution in [0.1, 0.15) is 55.2 Å². The lowest BCUT2D eigenvalue weighted by molar-refractivity contribution is -0.139. The van der Waals surface area contributed by atoms with Crippen molar-refractivity contribution in [2.45, 2.75) is 44.6 Å². The number of nitrogens with one attached hydrogen (secondary N) is 2. The van der Waals surface area contributed by atoms with Gasteiger partial charge in [-0.3, -0.25) is 9.59 Å². The van der Waals surface area contributed by atoms with Gasteiger partial charge in [0.15, 0.2) is 0 Å². The molecule has 1 aliphatic carbocycles. The van der Waals surface area contributed by atoms with E-state index < -0.39 is 11.8 Å². The summed E-state index contributed by atoms with van der Waals surface area (Å²) in [5.74, 6) is -0.278. The van der Waals surface area contributed by atoms with Crippen molar-refractivity contribution in [2.24, 2.45) is 0 Å². The van der Waals surface area contributed by atoms with E-state index in [1.165, 1.54) is 6.42 Å². The number of likely N-dealkylation sites (N-methyl/N-ethyl adjacent to an activating group) is 1. The van der Waals surface area contributed by atoms with E-state index in [2.05, 4.69) is 51.9 Å². The fourth-order valence-corrected chi connectivity index (χ4v) is 5.12. The van der Waals surface area contributed by atoms with E-state index in [4.69, 9.17) is 4.74 Å². The first-order valence-electron chi connectivity index (χ1n) is 14.3. The van der Waals surface area contributed by atoms with Crippen LogP contribution < -0.4 is 15.4 Å². The van der Waals surface area contributed by atoms with Crippen LogP contribution in [-0.4, -0.2) is 56.5 Å². The van der Waals surface area contributed by atoms with Gasteiger partial charge in [0.25, 0.3) is 0 Å². The fourth-order valence-electron chi connectivity index (χ4n) is 5.12. The minimum atomic E-state index is -0.571. The highest BCUT2D eigenvalue weighted by atomic mass is 16.5. The van der Waals surface area contributed by atoms with Crippen LogP contribution in [0.15, 0.2) is 84.9 Å². The molecule has 6 heteroatoms. The van der Waals surface area contributed by atoms with Crippen molar-refractivity contribution in [1.82, 2.24) is 15.5 Å². The molecule has 0 heterocycles. The van der Waals surface area contributed by atoms with Crippen LogP contribution in [0.2, 0.25) is 0 Å². The smallest absolute Gasteiger partial charge is 0.309 e. The summed E-state index contributed by atoms with van der Waals surface area (Å²) in [7, 11) is 4.06. The molecule has 40 heavy (non-hydrogen) atoms. The predicted octanol–water partition coefficient (Wildman–Crippen LogP) is 5.54. The van der Waals surface area contributed by atoms with Crippen LogP contribution in [0, 0.1) is 0 Å². The second-order valence-electron chi connectivity index (χ2n) is 10.6. The fraction of sp³-hybridized carbons (Fsp3) is 0.353. The van der Waals surface area contributed by atoms with Crippen molar-refractivity contribution in [1.29, 1.82) is 0 Å². The monoisotopic (exact) mass is 539 g/mol. The first-order valence-corrected chi connectivity index (χ1v) is 14.3. The highest BCUT2D eigenvalue weighted by Gasteiger charge is 2.21. The van der Waals surface area contributed by atoms with Crippen LogP contribution in [0.25, 0.3) is 11.1 Å². The molecule has 210 valence electrons. The number of benzene rings is 3. The Bertz CT molecular complexity index is 1250. The van der Waals surface area contributed by atoms with E-state index in [1.54, 1.807) is 0 Å². The average molecular weight is 540 g/mol. The normalized spacial score (nSPS) is 14.4. The number of ether oxygens (including phenoxy) is 1. The van der Waals surface area contributed by atoms with Crippen LogP contribution >= 0.6 is 0 Å². The maximum atomic E-state index is 12.7. The lowest BCUT2D eigenvalue weighted by Crippen LogP contribution is -2.45. The van der Waals surface area contributed by atoms with E-state index in [-0.39, 0.29) is 6.04 Å². The third-order valence-corrected chi connectivity index (χ3v) is 7.24. The molecule has 0 saturated heterocycles. The summed E-state index contributed by atoms with van der Waals surface area (Å²) in [5, 5.41) is 5.77. The lowest BCUT2D eigenvalue weighted by Gasteiger charge is -2.22. The summed E-state index contributed by atoms with van der Waals surface area (Å²) >= 11 is 0. The Kier molecular flexibility index (Phi) is 10.9. The topological polar surface area (TPSA) is 70.7 Å². The van der Waals surface area contributed by atoms with Crippen LogP contribution in [0.5, 0.6) is 5.75 Å². The van der Waals surface area contributed by atoms with Gasteiger partial charge >= 0.3 is 11.8 Å². The second kappa shape index (κ2) is 15.0. The Morgan fingerprint density at radius 2 is 1.38 bits per heavy atom. The summed E-state index contributed by atoms with van der Waals surface area (Å²) in [4.78, 5) is 27.3. The Hall–Kier alpha value is -3.90. The quantitative estimate of drug-likeness (QED) is 0.248. The van der Waals surface area contributed by atoms with Crippen molar-refractivity contribution in [2.75, 3.05) is 33.8 Å². The molecule has 0 aliphatic heterocycles. The maximum absolute atomic E-state index is 12.7. The zero-order valence-corrected chi connectivity index (χ0v) is 23.7. The minimum absolute atomic E-state index is 0.103. The molecule has 0 spiro atoms. The van der Waals surface area contributed by atoms with Gasteiger partial charge in [0.05, 0.1) is 0 Å². The number of rotatable bonds is 11. The van der Waals surface area contributed by atoms with Crippen molar-refractivity contribution in [3.05, 3.63) is 102 Å². The molecular weight excluding hydrogens is 498 g/mol. The summed E-state index contributed by atoms with van der Waals surface area (Å²) in [6.07, 6.45) is 5.85. The first kappa shape index (κ1) is 29.1. The Labute approximate surface area is 238 Å². The van der Waals surface area contributed by atoms with Gasteiger partial charge in [-0.25, -0.2) is 0 Å². The van der Waals surface area contributed by atoms with Crippen LogP contribution in [-0.2, 0) is 9.59 Å². The molecule has 3 aromatic rings. The van der Waals surface area contributed by atoms with Gasteiger partial charge in [-0.1, -0.05) is 92.1 Å². The molecule has 0 unspecified atom stereocenters. The van der Waals surface area contributed by atoms with E-state index in [1.807, 2.05) is 62.6 Å². The molecule has 0 aromatic heterocycles. The summed E-state index contributed by atoms with van der Waals surface area (Å²) in [5.41, 5.74) is 5.41. The van der Waals surface area contributed by atoms with E-state index in [0.717, 1.165) is 65.8 Å². The molecule has 4 rings (SSSR count). The van der Waals surface area contributed by atoms with Gasteiger partial charge in [-0.15, -0.1) is 0 Å². The number of amides is 2. The maximum Gasteiger partial charge on any atom is 0.309 e. The largest absolute Gasteiger partial charge is 0.492 e. The molecule has 1 fully saturated rings. The molecule has 2 amide bonds. The third kappa shape index (κ3) is 8.55. The van der Waals surface area contributed by atoms with Gasteiger partial charge in [0.1, 0.15) is 12.4 Å². The average Bonchev–Trinajstić information content (AvgIpc) is 2.98. The molecule has 3 aromatic carbocycles. The Morgan fingerprint density at radius 1 is 0.775 bits per heavy atom. The molecule has 2 N–H and O–H groups in total. The van der Waals surface area contributed by atoms with Crippen molar-refractivity contribution < 1.29 is 14.3 Å². The zero-order valence-electron chi connectivity index (χ0n) is 23.7. The first-order chi connectivity index (χ1) is 19.5. The Balaban J connectivity index is 1.57. The molecule has 1 aliphatic rings. The molecule has 0 atom stereocenters. The summed E-state index contributed by atoms with van der Waals surface area (Å²) < 4.78 is 5.93. The lowest BCUT2D eigenvalue weighted by atomic mass is 9.88. The van der Waals surface area contributed by atoms with Crippen molar-refractivity contribution in [3.63, 3.8) is 0 Å². The molecule has 0 radical (unpaired) electrons.